The van der Waals surface area contributed by atoms with Gasteiger partial charge in [-0.2, -0.15) is 0 Å². The Bertz CT molecular complexity index is 196. The highest BCUT2D eigenvalue weighted by atomic mass is 16.5. The summed E-state index contributed by atoms with van der Waals surface area (Å²) in [6.07, 6.45) is 3.76. The molecule has 0 heterocycles. The second-order valence-corrected chi connectivity index (χ2v) is 3.98. The van der Waals surface area contributed by atoms with Crippen molar-refractivity contribution in [2.45, 2.75) is 50.8 Å². The average Bonchev–Trinajstić information content (AvgIpc) is 2.50. The van der Waals surface area contributed by atoms with Gasteiger partial charge in [-0.05, 0) is 26.2 Å². The molecule has 0 spiro atoms. The van der Waals surface area contributed by atoms with Crippen LogP contribution < -0.4 is 5.32 Å². The van der Waals surface area contributed by atoms with E-state index in [1.807, 2.05) is 6.92 Å². The Hall–Kier alpha value is -0.610. The normalized spacial score (nSPS) is 29.0. The van der Waals surface area contributed by atoms with Crippen molar-refractivity contribution in [3.8, 4) is 0 Å². The summed E-state index contributed by atoms with van der Waals surface area (Å²) in [6, 6.07) is 0.350. The predicted octanol–water partition coefficient (Wildman–Crippen LogP) is 1.01. The third-order valence-electron chi connectivity index (χ3n) is 2.73. The van der Waals surface area contributed by atoms with E-state index in [1.54, 1.807) is 7.11 Å². The lowest BCUT2D eigenvalue weighted by atomic mass is 10.1. The Kier molecular flexibility index (Phi) is 4.35. The van der Waals surface area contributed by atoms with Crippen LogP contribution in [0.4, 0.5) is 0 Å². The van der Waals surface area contributed by atoms with Gasteiger partial charge in [0, 0.05) is 19.2 Å². The summed E-state index contributed by atoms with van der Waals surface area (Å²) in [5.41, 5.74) is 0. The molecule has 1 aliphatic rings. The smallest absolute Gasteiger partial charge is 0.304 e. The highest BCUT2D eigenvalue weighted by molar-refractivity contribution is 5.67. The molecule has 2 N–H and O–H groups in total. The van der Waals surface area contributed by atoms with Crippen LogP contribution in [0.25, 0.3) is 0 Å². The van der Waals surface area contributed by atoms with E-state index in [0.717, 1.165) is 19.3 Å². The minimum Gasteiger partial charge on any atom is -0.481 e. The van der Waals surface area contributed by atoms with Crippen molar-refractivity contribution < 1.29 is 14.6 Å². The fourth-order valence-electron chi connectivity index (χ4n) is 2.09. The summed E-state index contributed by atoms with van der Waals surface area (Å²) in [5, 5.41) is 11.9. The third-order valence-corrected chi connectivity index (χ3v) is 2.73. The molecule has 0 aliphatic heterocycles. The number of methoxy groups -OCH3 is 1. The fourth-order valence-corrected chi connectivity index (χ4v) is 2.09. The van der Waals surface area contributed by atoms with Gasteiger partial charge in [-0.15, -0.1) is 0 Å². The van der Waals surface area contributed by atoms with Gasteiger partial charge in [0.1, 0.15) is 0 Å². The maximum atomic E-state index is 10.5. The number of carboxylic acids is 1. The zero-order valence-corrected chi connectivity index (χ0v) is 8.82. The number of nitrogens with one attached hydrogen (secondary N) is 1. The molecular weight excluding hydrogens is 182 g/mol. The molecule has 0 aromatic rings. The summed E-state index contributed by atoms with van der Waals surface area (Å²) in [5.74, 6) is -0.753. The summed E-state index contributed by atoms with van der Waals surface area (Å²) in [6.45, 7) is 1.90. The SMILES string of the molecule is COC1CCCC1NC(C)CC(=O)O. The fraction of sp³-hybridized carbons (Fsp3) is 0.900. The quantitative estimate of drug-likeness (QED) is 0.697. The number of hydrogen-bond donors (Lipinski definition) is 2. The van der Waals surface area contributed by atoms with Crippen LogP contribution in [0.15, 0.2) is 0 Å². The molecule has 1 fully saturated rings. The number of ether oxygens (including phenoxy) is 1. The molecule has 4 heteroatoms. The molecule has 0 saturated heterocycles. The van der Waals surface area contributed by atoms with Crippen LogP contribution in [-0.2, 0) is 9.53 Å². The average molecular weight is 201 g/mol. The maximum absolute atomic E-state index is 10.5. The highest BCUT2D eigenvalue weighted by Crippen LogP contribution is 2.22. The van der Waals surface area contributed by atoms with Gasteiger partial charge >= 0.3 is 5.97 Å². The van der Waals surface area contributed by atoms with Crippen LogP contribution >= 0.6 is 0 Å². The van der Waals surface area contributed by atoms with Gasteiger partial charge in [-0.1, -0.05) is 0 Å². The zero-order chi connectivity index (χ0) is 10.6. The zero-order valence-electron chi connectivity index (χ0n) is 8.82. The predicted molar refractivity (Wildman–Crippen MR) is 53.3 cm³/mol. The van der Waals surface area contributed by atoms with Gasteiger partial charge in [-0.25, -0.2) is 0 Å². The number of aliphatic carboxylic acids is 1. The van der Waals surface area contributed by atoms with Crippen molar-refractivity contribution in [2.75, 3.05) is 7.11 Å². The minimum absolute atomic E-state index is 0.0215. The molecule has 0 radical (unpaired) electrons. The van der Waals surface area contributed by atoms with Crippen molar-refractivity contribution in [1.29, 1.82) is 0 Å². The first kappa shape index (κ1) is 11.5. The Labute approximate surface area is 84.6 Å². The van der Waals surface area contributed by atoms with Crippen molar-refractivity contribution in [3.63, 3.8) is 0 Å². The molecule has 4 nitrogen and oxygen atoms in total. The first-order valence-corrected chi connectivity index (χ1v) is 5.14. The van der Waals surface area contributed by atoms with E-state index in [1.165, 1.54) is 0 Å². The van der Waals surface area contributed by atoms with E-state index >= 15 is 0 Å². The molecule has 1 aliphatic carbocycles. The maximum Gasteiger partial charge on any atom is 0.304 e. The van der Waals surface area contributed by atoms with Crippen LogP contribution in [0, 0.1) is 0 Å². The third kappa shape index (κ3) is 3.27. The van der Waals surface area contributed by atoms with E-state index in [4.69, 9.17) is 9.84 Å². The second kappa shape index (κ2) is 5.32. The standard InChI is InChI=1S/C10H19NO3/c1-7(6-10(12)13)11-8-4-3-5-9(8)14-2/h7-9,11H,3-6H2,1-2H3,(H,12,13). The molecular formula is C10H19NO3. The molecule has 0 aromatic heterocycles. The van der Waals surface area contributed by atoms with Crippen LogP contribution in [0.3, 0.4) is 0 Å². The van der Waals surface area contributed by atoms with Crippen LogP contribution in [0.5, 0.6) is 0 Å². The molecule has 3 atom stereocenters. The van der Waals surface area contributed by atoms with Crippen molar-refractivity contribution >= 4 is 5.97 Å². The topological polar surface area (TPSA) is 58.6 Å². The molecule has 14 heavy (non-hydrogen) atoms. The van der Waals surface area contributed by atoms with E-state index in [0.29, 0.717) is 6.04 Å². The van der Waals surface area contributed by atoms with Gasteiger partial charge in [0.2, 0.25) is 0 Å². The van der Waals surface area contributed by atoms with E-state index in [9.17, 15) is 4.79 Å². The minimum atomic E-state index is -0.753. The summed E-state index contributed by atoms with van der Waals surface area (Å²) >= 11 is 0. The van der Waals surface area contributed by atoms with E-state index in [2.05, 4.69) is 5.32 Å². The van der Waals surface area contributed by atoms with Crippen LogP contribution in [-0.4, -0.2) is 36.4 Å². The second-order valence-electron chi connectivity index (χ2n) is 3.98. The van der Waals surface area contributed by atoms with E-state index in [-0.39, 0.29) is 18.6 Å². The van der Waals surface area contributed by atoms with Gasteiger partial charge in [0.25, 0.3) is 0 Å². The van der Waals surface area contributed by atoms with E-state index < -0.39 is 5.97 Å². The summed E-state index contributed by atoms with van der Waals surface area (Å²) in [4.78, 5) is 10.5. The summed E-state index contributed by atoms with van der Waals surface area (Å²) in [7, 11) is 1.71. The lowest BCUT2D eigenvalue weighted by Gasteiger charge is -2.23. The highest BCUT2D eigenvalue weighted by Gasteiger charge is 2.28. The largest absolute Gasteiger partial charge is 0.481 e. The first-order chi connectivity index (χ1) is 6.63. The van der Waals surface area contributed by atoms with Gasteiger partial charge < -0.3 is 15.2 Å². The molecule has 1 rings (SSSR count). The van der Waals surface area contributed by atoms with Crippen LogP contribution in [0.2, 0.25) is 0 Å². The van der Waals surface area contributed by atoms with Gasteiger partial charge in [0.15, 0.2) is 0 Å². The molecule has 0 amide bonds. The molecule has 0 aromatic carbocycles. The van der Waals surface area contributed by atoms with Crippen molar-refractivity contribution in [3.05, 3.63) is 0 Å². The first-order valence-electron chi connectivity index (χ1n) is 5.14. The summed E-state index contributed by atoms with van der Waals surface area (Å²) < 4.78 is 5.32. The monoisotopic (exact) mass is 201 g/mol. The number of carboxylic acid groups (broad SMARTS) is 1. The molecule has 1 saturated carbocycles. The molecule has 82 valence electrons. The lowest BCUT2D eigenvalue weighted by Crippen LogP contribution is -2.42. The lowest BCUT2D eigenvalue weighted by molar-refractivity contribution is -0.137. The van der Waals surface area contributed by atoms with Gasteiger partial charge in [-0.3, -0.25) is 4.79 Å². The van der Waals surface area contributed by atoms with Crippen molar-refractivity contribution in [2.24, 2.45) is 0 Å². The molecule has 3 unspecified atom stereocenters. The Balaban J connectivity index is 2.31. The van der Waals surface area contributed by atoms with Crippen LogP contribution in [0.1, 0.15) is 32.6 Å². The Morgan fingerprint density at radius 1 is 1.64 bits per heavy atom. The van der Waals surface area contributed by atoms with Crippen molar-refractivity contribution in [1.82, 2.24) is 5.32 Å². The van der Waals surface area contributed by atoms with Gasteiger partial charge in [0.05, 0.1) is 12.5 Å². The molecule has 0 bridgehead atoms. The number of hydrogen-bond acceptors (Lipinski definition) is 3. The Morgan fingerprint density at radius 3 is 2.93 bits per heavy atom. The Morgan fingerprint density at radius 2 is 2.36 bits per heavy atom. The number of rotatable bonds is 5. The number of carbonyl (C=O) groups is 1.